The van der Waals surface area contributed by atoms with Crippen LogP contribution in [0.15, 0.2) is 27.6 Å². The Morgan fingerprint density at radius 2 is 2.15 bits per heavy atom. The van der Waals surface area contributed by atoms with Crippen molar-refractivity contribution in [3.63, 3.8) is 0 Å². The fraction of sp³-hybridized carbons (Fsp3) is 0.182. The van der Waals surface area contributed by atoms with E-state index in [9.17, 15) is 13.2 Å². The first kappa shape index (κ1) is 14.5. The van der Waals surface area contributed by atoms with Crippen LogP contribution >= 0.6 is 11.6 Å². The molecule has 0 atom stereocenters. The third-order valence-corrected chi connectivity index (χ3v) is 4.34. The normalized spacial score (nSPS) is 11.5. The van der Waals surface area contributed by atoms with Crippen molar-refractivity contribution in [3.05, 3.63) is 40.5 Å². The molecule has 0 bridgehead atoms. The standard InChI is InChI=1S/C11H9ClN2O5S/c1-6-13-10(14-19-6)5-20(17,18)7-2-3-8(11(15)16)9(12)4-7/h2-4H,5H2,1H3,(H,15,16). The number of sulfone groups is 1. The molecule has 2 rings (SSSR count). The zero-order valence-corrected chi connectivity index (χ0v) is 11.8. The molecule has 7 nitrogen and oxygen atoms in total. The lowest BCUT2D eigenvalue weighted by molar-refractivity contribution is 0.0697. The lowest BCUT2D eigenvalue weighted by Crippen LogP contribution is -2.07. The molecule has 0 amide bonds. The fourth-order valence-electron chi connectivity index (χ4n) is 1.52. The van der Waals surface area contributed by atoms with Crippen molar-refractivity contribution in [3.8, 4) is 0 Å². The molecule has 1 aromatic carbocycles. The zero-order chi connectivity index (χ0) is 14.9. The molecule has 0 fully saturated rings. The summed E-state index contributed by atoms with van der Waals surface area (Å²) in [7, 11) is -3.73. The Morgan fingerprint density at radius 3 is 2.65 bits per heavy atom. The molecule has 0 aliphatic carbocycles. The van der Waals surface area contributed by atoms with E-state index in [0.717, 1.165) is 12.1 Å². The van der Waals surface area contributed by atoms with Crippen LogP contribution in [0.3, 0.4) is 0 Å². The third kappa shape index (κ3) is 2.97. The molecule has 0 saturated heterocycles. The van der Waals surface area contributed by atoms with Crippen LogP contribution in [0.25, 0.3) is 0 Å². The highest BCUT2D eigenvalue weighted by Gasteiger charge is 2.21. The molecule has 1 heterocycles. The van der Waals surface area contributed by atoms with Gasteiger partial charge in [-0.1, -0.05) is 16.8 Å². The number of aromatic nitrogens is 2. The maximum Gasteiger partial charge on any atom is 0.337 e. The summed E-state index contributed by atoms with van der Waals surface area (Å²) >= 11 is 5.74. The Hall–Kier alpha value is -1.93. The Kier molecular flexibility index (Phi) is 3.78. The van der Waals surface area contributed by atoms with Crippen molar-refractivity contribution < 1.29 is 22.8 Å². The van der Waals surface area contributed by atoms with Gasteiger partial charge in [0, 0.05) is 6.92 Å². The van der Waals surface area contributed by atoms with Gasteiger partial charge in [0.25, 0.3) is 0 Å². The number of carboxylic acids is 1. The van der Waals surface area contributed by atoms with E-state index < -0.39 is 21.6 Å². The molecule has 20 heavy (non-hydrogen) atoms. The van der Waals surface area contributed by atoms with Gasteiger partial charge in [-0.25, -0.2) is 13.2 Å². The van der Waals surface area contributed by atoms with Crippen LogP contribution in [0, 0.1) is 6.92 Å². The van der Waals surface area contributed by atoms with E-state index in [-0.39, 0.29) is 27.2 Å². The molecule has 0 unspecified atom stereocenters. The number of aryl methyl sites for hydroxylation is 1. The first-order valence-corrected chi connectivity index (χ1v) is 7.37. The highest BCUT2D eigenvalue weighted by Crippen LogP contribution is 2.23. The third-order valence-electron chi connectivity index (χ3n) is 2.42. The molecule has 0 spiro atoms. The van der Waals surface area contributed by atoms with Crippen LogP contribution in [-0.2, 0) is 15.6 Å². The first-order chi connectivity index (χ1) is 9.29. The van der Waals surface area contributed by atoms with Gasteiger partial charge in [0.2, 0.25) is 5.89 Å². The Labute approximate surface area is 119 Å². The van der Waals surface area contributed by atoms with Crippen LogP contribution in [-0.4, -0.2) is 29.6 Å². The highest BCUT2D eigenvalue weighted by molar-refractivity contribution is 7.90. The number of carbonyl (C=O) groups is 1. The summed E-state index contributed by atoms with van der Waals surface area (Å²) in [5, 5.41) is 12.2. The predicted molar refractivity (Wildman–Crippen MR) is 68.3 cm³/mol. The number of benzene rings is 1. The van der Waals surface area contributed by atoms with Crippen LogP contribution in [0.4, 0.5) is 0 Å². The van der Waals surface area contributed by atoms with Crippen molar-refractivity contribution in [2.75, 3.05) is 0 Å². The Morgan fingerprint density at radius 1 is 1.45 bits per heavy atom. The molecule has 1 aromatic heterocycles. The van der Waals surface area contributed by atoms with E-state index >= 15 is 0 Å². The Balaban J connectivity index is 2.35. The number of rotatable bonds is 4. The quantitative estimate of drug-likeness (QED) is 0.913. The lowest BCUT2D eigenvalue weighted by atomic mass is 10.2. The predicted octanol–water partition coefficient (Wildman–Crippen LogP) is 1.70. The SMILES string of the molecule is Cc1nc(CS(=O)(=O)c2ccc(C(=O)O)c(Cl)c2)no1. The number of carboxylic acid groups (broad SMARTS) is 1. The topological polar surface area (TPSA) is 110 Å². The maximum absolute atomic E-state index is 12.1. The molecule has 9 heteroatoms. The van der Waals surface area contributed by atoms with Gasteiger partial charge >= 0.3 is 5.97 Å². The van der Waals surface area contributed by atoms with E-state index in [0.29, 0.717) is 0 Å². The van der Waals surface area contributed by atoms with Crippen molar-refractivity contribution in [2.24, 2.45) is 0 Å². The minimum Gasteiger partial charge on any atom is -0.478 e. The van der Waals surface area contributed by atoms with Crippen molar-refractivity contribution in [2.45, 2.75) is 17.6 Å². The van der Waals surface area contributed by atoms with Crippen molar-refractivity contribution in [1.82, 2.24) is 10.1 Å². The summed E-state index contributed by atoms with van der Waals surface area (Å²) in [6.45, 7) is 1.54. The maximum atomic E-state index is 12.1. The second-order valence-electron chi connectivity index (χ2n) is 3.94. The van der Waals surface area contributed by atoms with Gasteiger partial charge in [-0.2, -0.15) is 4.98 Å². The van der Waals surface area contributed by atoms with E-state index in [1.165, 1.54) is 6.07 Å². The summed E-state index contributed by atoms with van der Waals surface area (Å²) in [5.41, 5.74) is -0.166. The summed E-state index contributed by atoms with van der Waals surface area (Å²) in [6, 6.07) is 3.41. The number of halogens is 1. The van der Waals surface area contributed by atoms with Gasteiger partial charge in [0.1, 0.15) is 5.75 Å². The molecular weight excluding hydrogens is 308 g/mol. The van der Waals surface area contributed by atoms with E-state index in [2.05, 4.69) is 10.1 Å². The van der Waals surface area contributed by atoms with Gasteiger partial charge < -0.3 is 9.63 Å². The molecule has 106 valence electrons. The highest BCUT2D eigenvalue weighted by atomic mass is 35.5. The summed E-state index contributed by atoms with van der Waals surface area (Å²) in [6.07, 6.45) is 0. The lowest BCUT2D eigenvalue weighted by Gasteiger charge is -2.04. The minimum absolute atomic E-state index is 0.0286. The number of aromatic carboxylic acids is 1. The van der Waals surface area contributed by atoms with Crippen molar-refractivity contribution >= 4 is 27.4 Å². The smallest absolute Gasteiger partial charge is 0.337 e. The molecule has 2 aromatic rings. The molecular formula is C11H9ClN2O5S. The summed E-state index contributed by atoms with van der Waals surface area (Å²) < 4.78 is 28.9. The minimum atomic E-state index is -3.73. The van der Waals surface area contributed by atoms with Crippen LogP contribution in [0.1, 0.15) is 22.1 Å². The van der Waals surface area contributed by atoms with Gasteiger partial charge in [0.05, 0.1) is 15.5 Å². The molecule has 0 aliphatic heterocycles. The number of hydrogen-bond donors (Lipinski definition) is 1. The molecule has 0 saturated carbocycles. The van der Waals surface area contributed by atoms with Crippen LogP contribution in [0.2, 0.25) is 5.02 Å². The number of nitrogens with zero attached hydrogens (tertiary/aromatic N) is 2. The average Bonchev–Trinajstić information content (AvgIpc) is 2.73. The first-order valence-electron chi connectivity index (χ1n) is 5.34. The molecule has 0 radical (unpaired) electrons. The largest absolute Gasteiger partial charge is 0.478 e. The van der Waals surface area contributed by atoms with Crippen LogP contribution < -0.4 is 0 Å². The van der Waals surface area contributed by atoms with Crippen LogP contribution in [0.5, 0.6) is 0 Å². The fourth-order valence-corrected chi connectivity index (χ4v) is 3.04. The van der Waals surface area contributed by atoms with Gasteiger partial charge in [0.15, 0.2) is 15.7 Å². The van der Waals surface area contributed by atoms with E-state index in [1.54, 1.807) is 6.92 Å². The average molecular weight is 317 g/mol. The van der Waals surface area contributed by atoms with Gasteiger partial charge in [-0.05, 0) is 18.2 Å². The zero-order valence-electron chi connectivity index (χ0n) is 10.2. The second-order valence-corrected chi connectivity index (χ2v) is 6.33. The van der Waals surface area contributed by atoms with Crippen molar-refractivity contribution in [1.29, 1.82) is 0 Å². The summed E-state index contributed by atoms with van der Waals surface area (Å²) in [5.74, 6) is -1.39. The van der Waals surface area contributed by atoms with E-state index in [1.807, 2.05) is 0 Å². The monoisotopic (exact) mass is 316 g/mol. The number of hydrogen-bond acceptors (Lipinski definition) is 6. The molecule has 1 N–H and O–H groups in total. The van der Waals surface area contributed by atoms with Gasteiger partial charge in [-0.3, -0.25) is 0 Å². The molecule has 0 aliphatic rings. The Bertz CT molecular complexity index is 769. The second kappa shape index (κ2) is 5.22. The van der Waals surface area contributed by atoms with E-state index in [4.69, 9.17) is 21.2 Å². The van der Waals surface area contributed by atoms with Gasteiger partial charge in [-0.15, -0.1) is 0 Å². The summed E-state index contributed by atoms with van der Waals surface area (Å²) in [4.78, 5) is 14.5.